The van der Waals surface area contributed by atoms with Gasteiger partial charge in [0.05, 0.1) is 5.92 Å². The van der Waals surface area contributed by atoms with Crippen molar-refractivity contribution < 1.29 is 19.6 Å². The molecule has 3 fully saturated rings. The molecule has 1 aromatic carbocycles. The molecule has 3 atom stereocenters. The molecule has 0 spiro atoms. The summed E-state index contributed by atoms with van der Waals surface area (Å²) >= 11 is 0. The van der Waals surface area contributed by atoms with Gasteiger partial charge in [0.25, 0.3) is 0 Å². The summed E-state index contributed by atoms with van der Waals surface area (Å²) in [5, 5.41) is 9.27. The molecule has 3 aliphatic rings. The number of anilines is 1. The van der Waals surface area contributed by atoms with Crippen molar-refractivity contribution in [3.05, 3.63) is 30.3 Å². The molecule has 1 aliphatic carbocycles. The van der Waals surface area contributed by atoms with Crippen LogP contribution in [0.5, 0.6) is 0 Å². The van der Waals surface area contributed by atoms with E-state index in [1.165, 1.54) is 0 Å². The van der Waals surface area contributed by atoms with Crippen LogP contribution in [0.25, 0.3) is 0 Å². The van der Waals surface area contributed by atoms with Crippen molar-refractivity contribution in [2.75, 3.05) is 44.2 Å². The highest BCUT2D eigenvalue weighted by Crippen LogP contribution is 2.37. The normalized spacial score (nSPS) is 26.6. The second-order valence-electron chi connectivity index (χ2n) is 8.88. The Labute approximate surface area is 183 Å². The predicted octanol–water partition coefficient (Wildman–Crippen LogP) is 1.50. The topological polar surface area (TPSA) is 93.2 Å². The largest absolute Gasteiger partial charge is 0.368 e. The van der Waals surface area contributed by atoms with Gasteiger partial charge >= 0.3 is 0 Å². The van der Waals surface area contributed by atoms with Crippen molar-refractivity contribution in [1.82, 2.24) is 15.3 Å². The molecule has 0 aromatic heterocycles. The molecular weight excluding hydrogens is 396 g/mol. The van der Waals surface area contributed by atoms with Crippen LogP contribution in [0.15, 0.2) is 30.3 Å². The van der Waals surface area contributed by atoms with Crippen molar-refractivity contribution in [2.24, 2.45) is 17.8 Å². The number of carbonyl (C=O) groups is 3. The zero-order valence-electron chi connectivity index (χ0n) is 17.9. The van der Waals surface area contributed by atoms with E-state index in [-0.39, 0.29) is 17.7 Å². The molecule has 3 amide bonds. The van der Waals surface area contributed by atoms with Crippen molar-refractivity contribution in [2.45, 2.75) is 32.1 Å². The predicted molar refractivity (Wildman–Crippen MR) is 115 cm³/mol. The number of hydrogen-bond donors (Lipinski definition) is 2. The Kier molecular flexibility index (Phi) is 6.75. The van der Waals surface area contributed by atoms with E-state index in [0.29, 0.717) is 32.4 Å². The summed E-state index contributed by atoms with van der Waals surface area (Å²) < 4.78 is 0. The number of piperazine rings is 1. The Morgan fingerprint density at radius 3 is 2.10 bits per heavy atom. The van der Waals surface area contributed by atoms with Gasteiger partial charge in [0.15, 0.2) is 0 Å². The van der Waals surface area contributed by atoms with Crippen LogP contribution in [0.3, 0.4) is 0 Å². The van der Waals surface area contributed by atoms with Crippen LogP contribution >= 0.6 is 0 Å². The lowest BCUT2D eigenvalue weighted by molar-refractivity contribution is -0.150. The minimum atomic E-state index is -0.671. The number of carbonyl (C=O) groups excluding carboxylic acids is 3. The number of rotatable bonds is 4. The summed E-state index contributed by atoms with van der Waals surface area (Å²) in [5.74, 6) is -1.91. The summed E-state index contributed by atoms with van der Waals surface area (Å²) in [6, 6.07) is 10.1. The van der Waals surface area contributed by atoms with Crippen LogP contribution in [0, 0.1) is 17.8 Å². The van der Waals surface area contributed by atoms with Crippen molar-refractivity contribution in [3.8, 4) is 0 Å². The highest BCUT2D eigenvalue weighted by molar-refractivity contribution is 5.89. The quantitative estimate of drug-likeness (QED) is 0.560. The van der Waals surface area contributed by atoms with Gasteiger partial charge in [-0.3, -0.25) is 19.6 Å². The van der Waals surface area contributed by atoms with E-state index in [1.807, 2.05) is 28.0 Å². The standard InChI is InChI=1S/C23H32N4O4/c28-21(24-31)20-16-17(22(29)26-10-4-5-11-26)8-9-19(20)23(30)27-14-12-25(13-15-27)18-6-2-1-3-7-18/h1-3,6-7,17,19-20,31H,4-5,8-16H2,(H,24,28). The lowest BCUT2D eigenvalue weighted by Gasteiger charge is -2.41. The van der Waals surface area contributed by atoms with Crippen LogP contribution in [-0.2, 0) is 14.4 Å². The number of para-hydroxylation sites is 1. The smallest absolute Gasteiger partial charge is 0.247 e. The van der Waals surface area contributed by atoms with Gasteiger partial charge in [-0.05, 0) is 44.2 Å². The average Bonchev–Trinajstić information content (AvgIpc) is 3.38. The first-order valence-corrected chi connectivity index (χ1v) is 11.4. The van der Waals surface area contributed by atoms with Gasteiger partial charge in [-0.15, -0.1) is 0 Å². The molecule has 168 valence electrons. The third-order valence-corrected chi connectivity index (χ3v) is 7.09. The second kappa shape index (κ2) is 9.68. The Balaban J connectivity index is 1.39. The minimum absolute atomic E-state index is 0.0339. The molecule has 2 aliphatic heterocycles. The Bertz CT molecular complexity index is 788. The minimum Gasteiger partial charge on any atom is -0.368 e. The van der Waals surface area contributed by atoms with Crippen molar-refractivity contribution >= 4 is 23.4 Å². The van der Waals surface area contributed by atoms with Gasteiger partial charge in [-0.25, -0.2) is 5.48 Å². The number of benzene rings is 1. The van der Waals surface area contributed by atoms with Crippen LogP contribution in [0.4, 0.5) is 5.69 Å². The highest BCUT2D eigenvalue weighted by Gasteiger charge is 2.44. The first kappa shape index (κ1) is 21.6. The first-order valence-electron chi connectivity index (χ1n) is 11.4. The maximum atomic E-state index is 13.3. The van der Waals surface area contributed by atoms with E-state index in [2.05, 4.69) is 17.0 Å². The Morgan fingerprint density at radius 1 is 0.806 bits per heavy atom. The molecule has 8 nitrogen and oxygen atoms in total. The molecule has 2 saturated heterocycles. The average molecular weight is 429 g/mol. The molecular formula is C23H32N4O4. The SMILES string of the molecule is O=C(NO)C1CC(C(=O)N2CCCC2)CCC1C(=O)N1CCN(c2ccccc2)CC1. The number of amides is 3. The Hall–Kier alpha value is -2.61. The van der Waals surface area contributed by atoms with E-state index in [0.717, 1.165) is 44.7 Å². The summed E-state index contributed by atoms with van der Waals surface area (Å²) in [4.78, 5) is 44.5. The molecule has 2 heterocycles. The third kappa shape index (κ3) is 4.69. The Morgan fingerprint density at radius 2 is 1.45 bits per heavy atom. The van der Waals surface area contributed by atoms with Gasteiger partial charge < -0.3 is 14.7 Å². The maximum absolute atomic E-state index is 13.3. The molecule has 8 heteroatoms. The second-order valence-corrected chi connectivity index (χ2v) is 8.88. The number of hydroxylamine groups is 1. The molecule has 31 heavy (non-hydrogen) atoms. The lowest BCUT2D eigenvalue weighted by Crippen LogP contribution is -2.53. The van der Waals surface area contributed by atoms with Crippen LogP contribution in [0.1, 0.15) is 32.1 Å². The van der Waals surface area contributed by atoms with E-state index >= 15 is 0 Å². The zero-order chi connectivity index (χ0) is 21.8. The van der Waals surface area contributed by atoms with E-state index in [1.54, 1.807) is 5.48 Å². The summed E-state index contributed by atoms with van der Waals surface area (Å²) in [7, 11) is 0. The molecule has 0 bridgehead atoms. The summed E-state index contributed by atoms with van der Waals surface area (Å²) in [6.07, 6.45) is 3.48. The van der Waals surface area contributed by atoms with Gasteiger partial charge in [0.2, 0.25) is 17.7 Å². The molecule has 2 N–H and O–H groups in total. The van der Waals surface area contributed by atoms with Crippen LogP contribution in [0.2, 0.25) is 0 Å². The zero-order valence-corrected chi connectivity index (χ0v) is 17.9. The van der Waals surface area contributed by atoms with E-state index < -0.39 is 17.7 Å². The van der Waals surface area contributed by atoms with Crippen LogP contribution < -0.4 is 10.4 Å². The molecule has 1 saturated carbocycles. The fraction of sp³-hybridized carbons (Fsp3) is 0.609. The molecule has 0 radical (unpaired) electrons. The van der Waals surface area contributed by atoms with Gasteiger partial charge in [-0.2, -0.15) is 0 Å². The fourth-order valence-corrected chi connectivity index (χ4v) is 5.32. The maximum Gasteiger partial charge on any atom is 0.247 e. The lowest BCUT2D eigenvalue weighted by atomic mass is 9.72. The van der Waals surface area contributed by atoms with Crippen molar-refractivity contribution in [1.29, 1.82) is 0 Å². The monoisotopic (exact) mass is 428 g/mol. The number of hydrogen-bond acceptors (Lipinski definition) is 5. The van der Waals surface area contributed by atoms with Crippen molar-refractivity contribution in [3.63, 3.8) is 0 Å². The van der Waals surface area contributed by atoms with Gasteiger partial charge in [-0.1, -0.05) is 18.2 Å². The first-order chi connectivity index (χ1) is 15.1. The number of likely N-dealkylation sites (tertiary alicyclic amines) is 1. The third-order valence-electron chi connectivity index (χ3n) is 7.09. The summed E-state index contributed by atoms with van der Waals surface area (Å²) in [6.45, 7) is 4.26. The van der Waals surface area contributed by atoms with Gasteiger partial charge in [0.1, 0.15) is 0 Å². The van der Waals surface area contributed by atoms with E-state index in [4.69, 9.17) is 0 Å². The molecule has 1 aromatic rings. The van der Waals surface area contributed by atoms with Crippen LogP contribution in [-0.4, -0.2) is 72.0 Å². The molecule has 4 rings (SSSR count). The van der Waals surface area contributed by atoms with Gasteiger partial charge in [0, 0.05) is 56.8 Å². The molecule has 3 unspecified atom stereocenters. The number of nitrogens with zero attached hydrogens (tertiary/aromatic N) is 3. The fourth-order valence-electron chi connectivity index (χ4n) is 5.32. The highest BCUT2D eigenvalue weighted by atomic mass is 16.5. The van der Waals surface area contributed by atoms with E-state index in [9.17, 15) is 19.6 Å². The summed E-state index contributed by atoms with van der Waals surface area (Å²) in [5.41, 5.74) is 2.88. The number of nitrogens with one attached hydrogen (secondary N) is 1.